The van der Waals surface area contributed by atoms with Crippen LogP contribution >= 0.6 is 0 Å². The fourth-order valence-corrected chi connectivity index (χ4v) is 4.92. The molecule has 0 spiro atoms. The molecule has 5 unspecified atom stereocenters. The molecule has 0 aromatic rings. The number of ether oxygens (including phenoxy) is 2. The van der Waals surface area contributed by atoms with Crippen molar-refractivity contribution in [2.75, 3.05) is 6.26 Å². The van der Waals surface area contributed by atoms with Crippen molar-refractivity contribution in [1.29, 1.82) is 0 Å². The molecule has 0 radical (unpaired) electrons. The van der Waals surface area contributed by atoms with Crippen LogP contribution in [0.1, 0.15) is 40.0 Å². The van der Waals surface area contributed by atoms with E-state index in [9.17, 15) is 39.6 Å². The molecule has 2 rings (SSSR count). The highest BCUT2D eigenvalue weighted by atomic mass is 32.2. The van der Waals surface area contributed by atoms with E-state index < -0.39 is 69.0 Å². The molecule has 12 heteroatoms. The molecule has 164 valence electrons. The Labute approximate surface area is 158 Å². The maximum absolute atomic E-state index is 15.0. The topological polar surface area (TPSA) is 69.7 Å². The minimum atomic E-state index is -6.10. The zero-order valence-corrected chi connectivity index (χ0v) is 16.5. The molecule has 2 aliphatic rings. The van der Waals surface area contributed by atoms with Crippen LogP contribution in [0.4, 0.5) is 31.1 Å². The van der Waals surface area contributed by atoms with Gasteiger partial charge in [0.05, 0.1) is 0 Å². The second-order valence-electron chi connectivity index (χ2n) is 8.45. The average Bonchev–Trinajstić information content (AvgIpc) is 3.01. The van der Waals surface area contributed by atoms with Crippen molar-refractivity contribution in [2.24, 2.45) is 17.8 Å². The van der Waals surface area contributed by atoms with Crippen molar-refractivity contribution < 1.29 is 49.0 Å². The highest BCUT2D eigenvalue weighted by Crippen LogP contribution is 2.62. The summed E-state index contributed by atoms with van der Waals surface area (Å²) in [5, 5.41) is -5.64. The summed E-state index contributed by atoms with van der Waals surface area (Å²) < 4.78 is 116. The average molecular weight is 440 g/mol. The molecule has 2 aliphatic carbocycles. The van der Waals surface area contributed by atoms with E-state index in [4.69, 9.17) is 9.47 Å². The van der Waals surface area contributed by atoms with Crippen LogP contribution in [0.15, 0.2) is 0 Å². The highest BCUT2D eigenvalue weighted by Gasteiger charge is 2.80. The highest BCUT2D eigenvalue weighted by molar-refractivity contribution is 7.91. The standard InChI is InChI=1S/C16H22F6O5S/c1-13(2,3)27-12(23)26-11-7-8-5-9(11)6-10(8)14(17,15(18,19)20)16(21,22)28(4,24)25/h8-11H,5-7H2,1-4H3. The molecule has 2 saturated carbocycles. The number of rotatable bonds is 4. The molecule has 5 atom stereocenters. The van der Waals surface area contributed by atoms with Crippen molar-refractivity contribution in [3.8, 4) is 0 Å². The van der Waals surface area contributed by atoms with Gasteiger partial charge in [-0.1, -0.05) is 0 Å². The van der Waals surface area contributed by atoms with Gasteiger partial charge in [0.1, 0.15) is 11.7 Å². The Morgan fingerprint density at radius 3 is 1.82 bits per heavy atom. The third kappa shape index (κ3) is 3.80. The smallest absolute Gasteiger partial charge is 0.431 e. The Morgan fingerprint density at radius 1 is 0.929 bits per heavy atom. The third-order valence-electron chi connectivity index (χ3n) is 5.24. The fraction of sp³-hybridized carbons (Fsp3) is 0.938. The van der Waals surface area contributed by atoms with E-state index in [0.717, 1.165) is 0 Å². The molecule has 5 nitrogen and oxygen atoms in total. The lowest BCUT2D eigenvalue weighted by molar-refractivity contribution is -0.303. The van der Waals surface area contributed by atoms with Crippen molar-refractivity contribution >= 4 is 16.0 Å². The second kappa shape index (κ2) is 6.66. The molecule has 2 fully saturated rings. The number of fused-ring (bicyclic) bond motifs is 2. The van der Waals surface area contributed by atoms with Gasteiger partial charge in [-0.2, -0.15) is 22.0 Å². The van der Waals surface area contributed by atoms with Crippen LogP contribution in [0.2, 0.25) is 0 Å². The van der Waals surface area contributed by atoms with Gasteiger partial charge >= 0.3 is 17.6 Å². The first kappa shape index (κ1) is 23.1. The van der Waals surface area contributed by atoms with Crippen molar-refractivity contribution in [2.45, 2.75) is 68.8 Å². The molecule has 2 bridgehead atoms. The largest absolute Gasteiger partial charge is 0.509 e. The molecule has 0 saturated heterocycles. The van der Waals surface area contributed by atoms with Gasteiger partial charge in [0.25, 0.3) is 5.67 Å². The lowest BCUT2D eigenvalue weighted by Gasteiger charge is -2.42. The number of carbonyl (C=O) groups excluding carboxylic acids is 1. The Hall–Kier alpha value is -1.20. The lowest BCUT2D eigenvalue weighted by Crippen LogP contribution is -2.64. The van der Waals surface area contributed by atoms with Crippen LogP contribution in [-0.4, -0.2) is 49.6 Å². The van der Waals surface area contributed by atoms with E-state index in [2.05, 4.69) is 0 Å². The summed E-state index contributed by atoms with van der Waals surface area (Å²) in [5.41, 5.74) is -6.11. The zero-order chi connectivity index (χ0) is 21.9. The van der Waals surface area contributed by atoms with Crippen molar-refractivity contribution in [3.05, 3.63) is 0 Å². The summed E-state index contributed by atoms with van der Waals surface area (Å²) in [6, 6.07) is 0. The Balaban J connectivity index is 2.24. The van der Waals surface area contributed by atoms with Gasteiger partial charge in [0.2, 0.25) is 9.84 Å². The molecular formula is C16H22F6O5S. The van der Waals surface area contributed by atoms with E-state index in [-0.39, 0.29) is 19.1 Å². The maximum atomic E-state index is 15.0. The Morgan fingerprint density at radius 2 is 1.46 bits per heavy atom. The minimum absolute atomic E-state index is 0.0836. The van der Waals surface area contributed by atoms with E-state index >= 15 is 0 Å². The fourth-order valence-electron chi connectivity index (χ4n) is 4.11. The van der Waals surface area contributed by atoms with E-state index in [1.807, 2.05) is 0 Å². The van der Waals surface area contributed by atoms with Crippen LogP contribution in [0.3, 0.4) is 0 Å². The van der Waals surface area contributed by atoms with Gasteiger partial charge in [-0.3, -0.25) is 0 Å². The lowest BCUT2D eigenvalue weighted by atomic mass is 9.76. The predicted octanol–water partition coefficient (Wildman–Crippen LogP) is 4.26. The number of halogens is 6. The van der Waals surface area contributed by atoms with Gasteiger partial charge in [-0.05, 0) is 51.9 Å². The summed E-state index contributed by atoms with van der Waals surface area (Å²) in [5.74, 6) is -4.27. The SMILES string of the molecule is CC(C)(C)OC(=O)OC1CC2CC1CC2C(F)(C(F)(F)F)C(F)(F)S(C)(=O)=O. The van der Waals surface area contributed by atoms with Gasteiger partial charge in [0.15, 0.2) is 0 Å². The Bertz CT molecular complexity index is 729. The van der Waals surface area contributed by atoms with Gasteiger partial charge < -0.3 is 9.47 Å². The molecule has 28 heavy (non-hydrogen) atoms. The van der Waals surface area contributed by atoms with Crippen molar-refractivity contribution in [1.82, 2.24) is 0 Å². The van der Waals surface area contributed by atoms with Crippen LogP contribution in [0.5, 0.6) is 0 Å². The van der Waals surface area contributed by atoms with E-state index in [0.29, 0.717) is 0 Å². The molecule has 0 aromatic carbocycles. The molecule has 0 heterocycles. The number of hydrogen-bond acceptors (Lipinski definition) is 5. The number of alkyl halides is 6. The summed E-state index contributed by atoms with van der Waals surface area (Å²) in [7, 11) is -5.68. The summed E-state index contributed by atoms with van der Waals surface area (Å²) in [4.78, 5) is 11.7. The first-order chi connectivity index (χ1) is 12.3. The number of hydrogen-bond donors (Lipinski definition) is 0. The molecule has 0 amide bonds. The molecule has 0 aliphatic heterocycles. The van der Waals surface area contributed by atoms with Crippen LogP contribution < -0.4 is 0 Å². The van der Waals surface area contributed by atoms with Crippen LogP contribution in [-0.2, 0) is 19.3 Å². The molecule has 0 N–H and O–H groups in total. The van der Waals surface area contributed by atoms with Crippen LogP contribution in [0, 0.1) is 17.8 Å². The first-order valence-electron chi connectivity index (χ1n) is 8.54. The van der Waals surface area contributed by atoms with Crippen LogP contribution in [0.25, 0.3) is 0 Å². The monoisotopic (exact) mass is 440 g/mol. The van der Waals surface area contributed by atoms with Gasteiger partial charge in [0, 0.05) is 12.2 Å². The van der Waals surface area contributed by atoms with E-state index in [1.165, 1.54) is 0 Å². The normalized spacial score (nSPS) is 30.8. The summed E-state index contributed by atoms with van der Waals surface area (Å²) in [6.07, 6.45) is -9.24. The molecular weight excluding hydrogens is 418 g/mol. The third-order valence-corrected chi connectivity index (χ3v) is 6.47. The van der Waals surface area contributed by atoms with Gasteiger partial charge in [-0.15, -0.1) is 0 Å². The quantitative estimate of drug-likeness (QED) is 0.483. The predicted molar refractivity (Wildman–Crippen MR) is 85.1 cm³/mol. The first-order valence-corrected chi connectivity index (χ1v) is 10.4. The second-order valence-corrected chi connectivity index (χ2v) is 10.5. The summed E-state index contributed by atoms with van der Waals surface area (Å²) in [6.45, 7) is 4.71. The Kier molecular flexibility index (Phi) is 5.49. The van der Waals surface area contributed by atoms with Gasteiger partial charge in [-0.25, -0.2) is 17.6 Å². The number of sulfone groups is 1. The van der Waals surface area contributed by atoms with E-state index in [1.54, 1.807) is 20.8 Å². The maximum Gasteiger partial charge on any atom is 0.509 e. The van der Waals surface area contributed by atoms with Crippen molar-refractivity contribution in [3.63, 3.8) is 0 Å². The minimum Gasteiger partial charge on any atom is -0.431 e. The summed E-state index contributed by atoms with van der Waals surface area (Å²) >= 11 is 0. The zero-order valence-electron chi connectivity index (χ0n) is 15.6. The number of carbonyl (C=O) groups is 1. The molecule has 0 aromatic heterocycles.